The van der Waals surface area contributed by atoms with Crippen LogP contribution in [0.15, 0.2) is 36.8 Å². The van der Waals surface area contributed by atoms with Crippen molar-refractivity contribution in [1.82, 2.24) is 20.2 Å². The minimum Gasteiger partial charge on any atom is -0.491 e. The average Bonchev–Trinajstić information content (AvgIpc) is 3.07. The predicted octanol–water partition coefficient (Wildman–Crippen LogP) is 2.22. The number of nitrogens with zero attached hydrogens (tertiary/aromatic N) is 3. The SMILES string of the molecule is OC(CNc1ncnc2[nH]ncc12)COc1cccc(C(F)(F)F)c1. The van der Waals surface area contributed by atoms with Crippen LogP contribution in [0.5, 0.6) is 5.75 Å². The zero-order valence-electron chi connectivity index (χ0n) is 12.8. The van der Waals surface area contributed by atoms with E-state index in [4.69, 9.17) is 4.74 Å². The van der Waals surface area contributed by atoms with Gasteiger partial charge in [-0.2, -0.15) is 18.3 Å². The zero-order valence-corrected chi connectivity index (χ0v) is 12.8. The Labute approximate surface area is 139 Å². The van der Waals surface area contributed by atoms with Crippen molar-refractivity contribution >= 4 is 16.9 Å². The Morgan fingerprint density at radius 3 is 2.92 bits per heavy atom. The number of hydrogen-bond donors (Lipinski definition) is 3. The molecule has 0 bridgehead atoms. The fraction of sp³-hybridized carbons (Fsp3) is 0.267. The third kappa shape index (κ3) is 4.15. The van der Waals surface area contributed by atoms with E-state index < -0.39 is 17.8 Å². The second-order valence-corrected chi connectivity index (χ2v) is 5.23. The summed E-state index contributed by atoms with van der Waals surface area (Å²) >= 11 is 0. The van der Waals surface area contributed by atoms with E-state index in [0.29, 0.717) is 16.9 Å². The lowest BCUT2D eigenvalue weighted by Crippen LogP contribution is -2.26. The number of aliphatic hydroxyl groups is 1. The van der Waals surface area contributed by atoms with Gasteiger partial charge in [-0.1, -0.05) is 6.07 Å². The smallest absolute Gasteiger partial charge is 0.416 e. The van der Waals surface area contributed by atoms with Crippen LogP contribution in [-0.4, -0.2) is 44.5 Å². The van der Waals surface area contributed by atoms with Crippen LogP contribution in [0.3, 0.4) is 0 Å². The summed E-state index contributed by atoms with van der Waals surface area (Å²) in [5.41, 5.74) is -0.256. The number of rotatable bonds is 6. The number of nitrogens with one attached hydrogen (secondary N) is 2. The lowest BCUT2D eigenvalue weighted by Gasteiger charge is -2.15. The molecule has 0 aliphatic rings. The molecule has 1 atom stereocenters. The number of ether oxygens (including phenoxy) is 1. The van der Waals surface area contributed by atoms with Crippen LogP contribution in [-0.2, 0) is 6.18 Å². The van der Waals surface area contributed by atoms with Crippen LogP contribution < -0.4 is 10.1 Å². The quantitative estimate of drug-likeness (QED) is 0.629. The predicted molar refractivity (Wildman–Crippen MR) is 83.1 cm³/mol. The van der Waals surface area contributed by atoms with Gasteiger partial charge in [-0.25, -0.2) is 9.97 Å². The van der Waals surface area contributed by atoms with E-state index in [1.54, 1.807) is 6.20 Å². The molecule has 0 aliphatic heterocycles. The summed E-state index contributed by atoms with van der Waals surface area (Å²) < 4.78 is 43.1. The number of anilines is 1. The van der Waals surface area contributed by atoms with Gasteiger partial charge in [0.25, 0.3) is 0 Å². The number of alkyl halides is 3. The molecule has 25 heavy (non-hydrogen) atoms. The van der Waals surface area contributed by atoms with Crippen molar-refractivity contribution in [2.24, 2.45) is 0 Å². The molecule has 132 valence electrons. The Morgan fingerprint density at radius 2 is 2.12 bits per heavy atom. The highest BCUT2D eigenvalue weighted by Crippen LogP contribution is 2.31. The Kier molecular flexibility index (Phi) is 4.70. The molecule has 2 aromatic heterocycles. The number of fused-ring (bicyclic) bond motifs is 1. The molecule has 0 radical (unpaired) electrons. The highest BCUT2D eigenvalue weighted by molar-refractivity contribution is 5.85. The van der Waals surface area contributed by atoms with E-state index in [-0.39, 0.29) is 18.9 Å². The maximum atomic E-state index is 12.6. The first-order chi connectivity index (χ1) is 11.9. The van der Waals surface area contributed by atoms with Gasteiger partial charge in [-0.3, -0.25) is 5.10 Å². The number of hydrogen-bond acceptors (Lipinski definition) is 6. The number of H-pyrrole nitrogens is 1. The van der Waals surface area contributed by atoms with Crippen LogP contribution in [0, 0.1) is 0 Å². The van der Waals surface area contributed by atoms with Crippen molar-refractivity contribution < 1.29 is 23.0 Å². The first-order valence-electron chi connectivity index (χ1n) is 7.29. The molecule has 0 amide bonds. The number of aliphatic hydroxyl groups excluding tert-OH is 1. The summed E-state index contributed by atoms with van der Waals surface area (Å²) in [6.07, 6.45) is -2.51. The number of aromatic amines is 1. The largest absolute Gasteiger partial charge is 0.491 e. The molecule has 0 aliphatic carbocycles. The van der Waals surface area contributed by atoms with Gasteiger partial charge in [0.05, 0.1) is 17.1 Å². The highest BCUT2D eigenvalue weighted by Gasteiger charge is 2.30. The van der Waals surface area contributed by atoms with Crippen molar-refractivity contribution in [3.8, 4) is 5.75 Å². The number of halogens is 3. The van der Waals surface area contributed by atoms with Crippen LogP contribution in [0.1, 0.15) is 5.56 Å². The summed E-state index contributed by atoms with van der Waals surface area (Å²) in [4.78, 5) is 8.03. The van der Waals surface area contributed by atoms with Gasteiger partial charge in [-0.05, 0) is 18.2 Å². The molecule has 0 spiro atoms. The molecule has 3 N–H and O–H groups in total. The third-order valence-electron chi connectivity index (χ3n) is 3.36. The minimum atomic E-state index is -4.44. The monoisotopic (exact) mass is 353 g/mol. The second-order valence-electron chi connectivity index (χ2n) is 5.23. The number of aromatic nitrogens is 4. The second kappa shape index (κ2) is 6.93. The van der Waals surface area contributed by atoms with Crippen LogP contribution in [0.2, 0.25) is 0 Å². The Hall–Kier alpha value is -2.88. The molecule has 1 aromatic carbocycles. The molecule has 10 heteroatoms. The van der Waals surface area contributed by atoms with Crippen molar-refractivity contribution in [2.45, 2.75) is 12.3 Å². The standard InChI is InChI=1S/C15H14F3N5O2/c16-15(17,18)9-2-1-3-11(4-9)25-7-10(24)5-19-13-12-6-22-23-14(12)21-8-20-13/h1-4,6,8,10,24H,5,7H2,(H2,19,20,21,22,23). The summed E-state index contributed by atoms with van der Waals surface area (Å²) in [5, 5.41) is 20.1. The highest BCUT2D eigenvalue weighted by atomic mass is 19.4. The van der Waals surface area contributed by atoms with Gasteiger partial charge in [-0.15, -0.1) is 0 Å². The maximum Gasteiger partial charge on any atom is 0.416 e. The lowest BCUT2D eigenvalue weighted by atomic mass is 10.2. The van der Waals surface area contributed by atoms with E-state index in [0.717, 1.165) is 12.1 Å². The molecular weight excluding hydrogens is 339 g/mol. The topological polar surface area (TPSA) is 96.0 Å². The van der Waals surface area contributed by atoms with E-state index in [1.807, 2.05) is 0 Å². The summed E-state index contributed by atoms with van der Waals surface area (Å²) in [6.45, 7) is -0.0792. The molecular formula is C15H14F3N5O2. The molecule has 3 aromatic rings. The van der Waals surface area contributed by atoms with Crippen molar-refractivity contribution in [1.29, 1.82) is 0 Å². The fourth-order valence-electron chi connectivity index (χ4n) is 2.13. The molecule has 3 rings (SSSR count). The fourth-order valence-corrected chi connectivity index (χ4v) is 2.13. The zero-order chi connectivity index (χ0) is 17.9. The van der Waals surface area contributed by atoms with Gasteiger partial charge < -0.3 is 15.2 Å². The normalized spacial score (nSPS) is 13.0. The average molecular weight is 353 g/mol. The van der Waals surface area contributed by atoms with Crippen molar-refractivity contribution in [3.63, 3.8) is 0 Å². The Morgan fingerprint density at radius 1 is 1.28 bits per heavy atom. The summed E-state index contributed by atoms with van der Waals surface area (Å²) in [7, 11) is 0. The van der Waals surface area contributed by atoms with Gasteiger partial charge in [0.15, 0.2) is 5.65 Å². The van der Waals surface area contributed by atoms with E-state index in [2.05, 4.69) is 25.5 Å². The first kappa shape index (κ1) is 17.0. The van der Waals surface area contributed by atoms with E-state index in [9.17, 15) is 18.3 Å². The maximum absolute atomic E-state index is 12.6. The van der Waals surface area contributed by atoms with Crippen molar-refractivity contribution in [3.05, 3.63) is 42.4 Å². The lowest BCUT2D eigenvalue weighted by molar-refractivity contribution is -0.137. The number of benzene rings is 1. The molecule has 0 saturated carbocycles. The molecule has 0 fully saturated rings. The molecule has 0 saturated heterocycles. The first-order valence-corrected chi connectivity index (χ1v) is 7.29. The Bertz CT molecular complexity index is 852. The Balaban J connectivity index is 1.55. The van der Waals surface area contributed by atoms with Crippen molar-refractivity contribution in [2.75, 3.05) is 18.5 Å². The van der Waals surface area contributed by atoms with Gasteiger partial charge in [0.2, 0.25) is 0 Å². The van der Waals surface area contributed by atoms with E-state index in [1.165, 1.54) is 18.5 Å². The van der Waals surface area contributed by atoms with Crippen LogP contribution in [0.4, 0.5) is 19.0 Å². The minimum absolute atomic E-state index is 0.0353. The third-order valence-corrected chi connectivity index (χ3v) is 3.36. The summed E-state index contributed by atoms with van der Waals surface area (Å²) in [5.74, 6) is 0.519. The van der Waals surface area contributed by atoms with Crippen LogP contribution >= 0.6 is 0 Å². The molecule has 1 unspecified atom stereocenters. The summed E-state index contributed by atoms with van der Waals surface area (Å²) in [6, 6.07) is 4.49. The molecule has 7 nitrogen and oxygen atoms in total. The molecule has 2 heterocycles. The van der Waals surface area contributed by atoms with Crippen LogP contribution in [0.25, 0.3) is 11.0 Å². The van der Waals surface area contributed by atoms with Gasteiger partial charge in [0, 0.05) is 6.54 Å². The van der Waals surface area contributed by atoms with E-state index >= 15 is 0 Å². The van der Waals surface area contributed by atoms with Gasteiger partial charge >= 0.3 is 6.18 Å². The van der Waals surface area contributed by atoms with Gasteiger partial charge in [0.1, 0.15) is 30.6 Å².